The van der Waals surface area contributed by atoms with Crippen molar-refractivity contribution >= 4 is 23.2 Å². The van der Waals surface area contributed by atoms with Crippen molar-refractivity contribution in [2.45, 2.75) is 19.3 Å². The third kappa shape index (κ3) is 5.98. The monoisotopic (exact) mass is 485 g/mol. The van der Waals surface area contributed by atoms with E-state index in [1.807, 2.05) is 6.07 Å². The first-order valence-electron chi connectivity index (χ1n) is 10.6. The number of hydrogen-bond donors (Lipinski definition) is 0. The van der Waals surface area contributed by atoms with E-state index >= 15 is 0 Å². The molecule has 8 heteroatoms. The van der Waals surface area contributed by atoms with Gasteiger partial charge < -0.3 is 14.2 Å². The fraction of sp³-hybridized carbons (Fsp3) is 0.269. The van der Waals surface area contributed by atoms with Crippen LogP contribution in [0.25, 0.3) is 11.3 Å². The molecular weight excluding hydrogens is 461 g/mol. The third-order valence-electron chi connectivity index (χ3n) is 5.32. The molecule has 0 fully saturated rings. The summed E-state index contributed by atoms with van der Waals surface area (Å²) in [5.74, 6) is -0.0128. The van der Waals surface area contributed by atoms with Gasteiger partial charge in [-0.2, -0.15) is 0 Å². The van der Waals surface area contributed by atoms with E-state index in [9.17, 15) is 14.0 Å². The van der Waals surface area contributed by atoms with Crippen LogP contribution in [0.4, 0.5) is 4.39 Å². The number of rotatable bonds is 11. The Morgan fingerprint density at radius 2 is 1.65 bits per heavy atom. The van der Waals surface area contributed by atoms with Crippen LogP contribution in [0, 0.1) is 5.82 Å². The molecule has 0 atom stereocenters. The average molecular weight is 486 g/mol. The number of pyridine rings is 1. The van der Waals surface area contributed by atoms with Crippen LogP contribution in [-0.2, 0) is 11.2 Å². The van der Waals surface area contributed by atoms with Crippen molar-refractivity contribution in [1.29, 1.82) is 0 Å². The summed E-state index contributed by atoms with van der Waals surface area (Å²) in [6.45, 7) is 0.541. The molecule has 0 aliphatic rings. The quantitative estimate of drug-likeness (QED) is 0.329. The maximum absolute atomic E-state index is 13.6. The number of halogens is 2. The van der Waals surface area contributed by atoms with Gasteiger partial charge in [0.05, 0.1) is 25.8 Å². The molecule has 0 unspecified atom stereocenters. The molecule has 0 bridgehead atoms. The van der Waals surface area contributed by atoms with Crippen molar-refractivity contribution in [3.05, 3.63) is 76.2 Å². The maximum atomic E-state index is 13.6. The first kappa shape index (κ1) is 25.3. The predicted molar refractivity (Wildman–Crippen MR) is 128 cm³/mol. The summed E-state index contributed by atoms with van der Waals surface area (Å²) < 4.78 is 29.4. The highest BCUT2D eigenvalue weighted by molar-refractivity contribution is 6.31. The molecule has 178 valence electrons. The van der Waals surface area contributed by atoms with Gasteiger partial charge in [-0.1, -0.05) is 23.7 Å². The van der Waals surface area contributed by atoms with E-state index in [1.54, 1.807) is 32.4 Å². The van der Waals surface area contributed by atoms with Crippen molar-refractivity contribution < 1.29 is 28.2 Å². The van der Waals surface area contributed by atoms with Gasteiger partial charge in [0, 0.05) is 31.1 Å². The van der Waals surface area contributed by atoms with Crippen LogP contribution in [-0.4, -0.2) is 44.5 Å². The number of ether oxygens (including phenoxy) is 3. The smallest absolute Gasteiger partial charge is 0.181 e. The highest BCUT2D eigenvalue weighted by Gasteiger charge is 2.17. The summed E-state index contributed by atoms with van der Waals surface area (Å²) in [5, 5.41) is -0.0626. The summed E-state index contributed by atoms with van der Waals surface area (Å²) in [6.07, 6.45) is 0.664. The molecule has 0 aliphatic heterocycles. The highest BCUT2D eigenvalue weighted by atomic mass is 35.5. The number of benzene rings is 2. The molecule has 0 amide bonds. The fourth-order valence-corrected chi connectivity index (χ4v) is 3.63. The Hall–Kier alpha value is -3.29. The third-order valence-corrected chi connectivity index (χ3v) is 5.61. The van der Waals surface area contributed by atoms with Crippen LogP contribution < -0.4 is 9.47 Å². The van der Waals surface area contributed by atoms with Gasteiger partial charge >= 0.3 is 0 Å². The standard InChI is InChI=1S/C26H25ClFNO5/c1-32-13-12-16-4-5-17(15-25(16)34-3)22(30)9-10-23(31)21-8-11-24(33-2)26(29-21)18-6-7-20(28)19(27)14-18/h4-8,11,14-15H,9-10,12-13H2,1-3H3. The number of hydrogen-bond acceptors (Lipinski definition) is 6. The summed E-state index contributed by atoms with van der Waals surface area (Å²) in [4.78, 5) is 29.9. The SMILES string of the molecule is COCCc1ccc(C(=O)CCC(=O)c2ccc(OC)c(-c3ccc(F)c(Cl)c3)n2)cc1OC. The molecule has 0 spiro atoms. The molecule has 3 rings (SSSR count). The Bertz CT molecular complexity index is 1200. The van der Waals surface area contributed by atoms with E-state index in [4.69, 9.17) is 25.8 Å². The molecule has 0 radical (unpaired) electrons. The van der Waals surface area contributed by atoms with Gasteiger partial charge in [-0.3, -0.25) is 9.59 Å². The summed E-state index contributed by atoms with van der Waals surface area (Å²) in [6, 6.07) is 12.5. The number of carbonyl (C=O) groups excluding carboxylic acids is 2. The van der Waals surface area contributed by atoms with E-state index in [1.165, 1.54) is 31.4 Å². The normalized spacial score (nSPS) is 10.7. The average Bonchev–Trinajstić information content (AvgIpc) is 2.86. The lowest BCUT2D eigenvalue weighted by Crippen LogP contribution is -2.08. The van der Waals surface area contributed by atoms with Gasteiger partial charge in [-0.25, -0.2) is 9.37 Å². The number of carbonyl (C=O) groups is 2. The molecule has 2 aromatic carbocycles. The van der Waals surface area contributed by atoms with Crippen LogP contribution in [0.15, 0.2) is 48.5 Å². The number of aromatic nitrogens is 1. The minimum absolute atomic E-state index is 0.0183. The molecule has 34 heavy (non-hydrogen) atoms. The second-order valence-corrected chi connectivity index (χ2v) is 7.90. The van der Waals surface area contributed by atoms with Gasteiger partial charge in [-0.15, -0.1) is 0 Å². The van der Waals surface area contributed by atoms with Gasteiger partial charge in [-0.05, 0) is 48.4 Å². The highest BCUT2D eigenvalue weighted by Crippen LogP contribution is 2.31. The summed E-state index contributed by atoms with van der Waals surface area (Å²) in [5.41, 5.74) is 2.45. The lowest BCUT2D eigenvalue weighted by molar-refractivity contribution is 0.0915. The van der Waals surface area contributed by atoms with Crippen molar-refractivity contribution in [2.75, 3.05) is 27.9 Å². The molecule has 1 heterocycles. The van der Waals surface area contributed by atoms with E-state index in [0.29, 0.717) is 41.3 Å². The van der Waals surface area contributed by atoms with Gasteiger partial charge in [0.15, 0.2) is 11.6 Å². The topological polar surface area (TPSA) is 74.7 Å². The van der Waals surface area contributed by atoms with Crippen LogP contribution in [0.1, 0.15) is 39.3 Å². The Labute approximate surface area is 202 Å². The zero-order chi connectivity index (χ0) is 24.7. The number of ketones is 2. The molecule has 3 aromatic rings. The minimum Gasteiger partial charge on any atom is -0.496 e. The zero-order valence-corrected chi connectivity index (χ0v) is 19.9. The first-order chi connectivity index (χ1) is 16.4. The number of Topliss-reactive ketones (excluding diaryl/α,β-unsaturated/α-hetero) is 2. The van der Waals surface area contributed by atoms with Gasteiger partial charge in [0.25, 0.3) is 0 Å². The molecule has 1 aromatic heterocycles. The lowest BCUT2D eigenvalue weighted by Gasteiger charge is -2.11. The van der Waals surface area contributed by atoms with Crippen LogP contribution in [0.2, 0.25) is 5.02 Å². The van der Waals surface area contributed by atoms with Crippen molar-refractivity contribution in [2.24, 2.45) is 0 Å². The predicted octanol–water partition coefficient (Wildman–Crippen LogP) is 5.59. The number of methoxy groups -OCH3 is 3. The largest absolute Gasteiger partial charge is 0.496 e. The maximum Gasteiger partial charge on any atom is 0.181 e. The molecule has 0 N–H and O–H groups in total. The summed E-state index contributed by atoms with van der Waals surface area (Å²) >= 11 is 5.90. The first-order valence-corrected chi connectivity index (χ1v) is 11.0. The van der Waals surface area contributed by atoms with Crippen LogP contribution in [0.5, 0.6) is 11.5 Å². The Morgan fingerprint density at radius 3 is 2.32 bits per heavy atom. The molecule has 0 saturated heterocycles. The van der Waals surface area contributed by atoms with Gasteiger partial charge in [0.2, 0.25) is 0 Å². The molecule has 0 saturated carbocycles. The van der Waals surface area contributed by atoms with Crippen LogP contribution >= 0.6 is 11.6 Å². The van der Waals surface area contributed by atoms with E-state index in [0.717, 1.165) is 5.56 Å². The van der Waals surface area contributed by atoms with E-state index in [2.05, 4.69) is 4.98 Å². The second kappa shape index (κ2) is 11.7. The molecule has 0 aliphatic carbocycles. The van der Waals surface area contributed by atoms with Crippen molar-refractivity contribution in [3.63, 3.8) is 0 Å². The van der Waals surface area contributed by atoms with E-state index in [-0.39, 0.29) is 35.1 Å². The molecular formula is C26H25ClFNO5. The Balaban J connectivity index is 1.74. The Morgan fingerprint density at radius 1 is 0.912 bits per heavy atom. The van der Waals surface area contributed by atoms with E-state index < -0.39 is 5.82 Å². The number of nitrogens with zero attached hydrogens (tertiary/aromatic N) is 1. The minimum atomic E-state index is -0.557. The Kier molecular flexibility index (Phi) is 8.73. The zero-order valence-electron chi connectivity index (χ0n) is 19.2. The fourth-order valence-electron chi connectivity index (χ4n) is 3.45. The second-order valence-electron chi connectivity index (χ2n) is 7.49. The van der Waals surface area contributed by atoms with Gasteiger partial charge in [0.1, 0.15) is 28.7 Å². The lowest BCUT2D eigenvalue weighted by atomic mass is 10.0. The molecule has 6 nitrogen and oxygen atoms in total. The van der Waals surface area contributed by atoms with Crippen molar-refractivity contribution in [1.82, 2.24) is 4.98 Å². The van der Waals surface area contributed by atoms with Crippen LogP contribution in [0.3, 0.4) is 0 Å². The summed E-state index contributed by atoms with van der Waals surface area (Å²) in [7, 11) is 4.64. The van der Waals surface area contributed by atoms with Crippen molar-refractivity contribution in [3.8, 4) is 22.8 Å².